The number of methoxy groups -OCH3 is 1. The molecule has 0 aliphatic rings. The highest BCUT2D eigenvalue weighted by molar-refractivity contribution is 5.79. The molecular weight excluding hydrogens is 242 g/mol. The highest BCUT2D eigenvalue weighted by atomic mass is 16.5. The van der Waals surface area contributed by atoms with Crippen LogP contribution in [0, 0.1) is 5.92 Å². The summed E-state index contributed by atoms with van der Waals surface area (Å²) in [5.41, 5.74) is 0. The second kappa shape index (κ2) is 12.2. The van der Waals surface area contributed by atoms with Crippen molar-refractivity contribution in [2.45, 2.75) is 39.7 Å². The second-order valence-corrected chi connectivity index (χ2v) is 4.99. The fraction of sp³-hybridized carbons (Fsp3) is 0.929. The molecule has 1 unspecified atom stereocenters. The number of hydrogen-bond acceptors (Lipinski definition) is 3. The van der Waals surface area contributed by atoms with E-state index < -0.39 is 0 Å². The van der Waals surface area contributed by atoms with E-state index in [1.54, 1.807) is 14.2 Å². The lowest BCUT2D eigenvalue weighted by Crippen LogP contribution is -2.44. The molecule has 0 aliphatic heterocycles. The van der Waals surface area contributed by atoms with Crippen LogP contribution in [0.3, 0.4) is 0 Å². The lowest BCUT2D eigenvalue weighted by atomic mass is 10.1. The number of nitrogens with zero attached hydrogens (tertiary/aromatic N) is 1. The smallest absolute Gasteiger partial charge is 0.191 e. The van der Waals surface area contributed by atoms with Gasteiger partial charge in [-0.3, -0.25) is 4.99 Å². The minimum atomic E-state index is 0.420. The summed E-state index contributed by atoms with van der Waals surface area (Å²) in [6.45, 7) is 9.62. The normalized spacial score (nSPS) is 13.7. The van der Waals surface area contributed by atoms with Gasteiger partial charge in [-0.2, -0.15) is 0 Å². The van der Waals surface area contributed by atoms with Gasteiger partial charge in [-0.25, -0.2) is 0 Å². The lowest BCUT2D eigenvalue weighted by Gasteiger charge is -2.20. The molecule has 1 atom stereocenters. The predicted octanol–water partition coefficient (Wildman–Crippen LogP) is 1.64. The summed E-state index contributed by atoms with van der Waals surface area (Å²) in [5, 5.41) is 6.69. The first-order chi connectivity index (χ1) is 9.11. The van der Waals surface area contributed by atoms with Gasteiger partial charge < -0.3 is 20.1 Å². The Morgan fingerprint density at radius 2 is 1.84 bits per heavy atom. The van der Waals surface area contributed by atoms with E-state index in [0.717, 1.165) is 32.0 Å². The second-order valence-electron chi connectivity index (χ2n) is 4.99. The monoisotopic (exact) mass is 273 g/mol. The predicted molar refractivity (Wildman–Crippen MR) is 80.7 cm³/mol. The molecule has 0 aromatic rings. The van der Waals surface area contributed by atoms with Crippen molar-refractivity contribution in [1.29, 1.82) is 0 Å². The molecule has 19 heavy (non-hydrogen) atoms. The van der Waals surface area contributed by atoms with E-state index in [2.05, 4.69) is 36.4 Å². The fourth-order valence-electron chi connectivity index (χ4n) is 1.36. The summed E-state index contributed by atoms with van der Waals surface area (Å²) >= 11 is 0. The van der Waals surface area contributed by atoms with E-state index in [9.17, 15) is 0 Å². The summed E-state index contributed by atoms with van der Waals surface area (Å²) in [6.07, 6.45) is 2.12. The first kappa shape index (κ1) is 18.2. The van der Waals surface area contributed by atoms with Crippen LogP contribution in [0.4, 0.5) is 0 Å². The highest BCUT2D eigenvalue weighted by Gasteiger charge is 2.08. The van der Waals surface area contributed by atoms with Crippen molar-refractivity contribution in [3.63, 3.8) is 0 Å². The molecule has 0 aliphatic carbocycles. The Bertz CT molecular complexity index is 233. The maximum Gasteiger partial charge on any atom is 0.191 e. The Kier molecular flexibility index (Phi) is 11.7. The molecule has 0 amide bonds. The Morgan fingerprint density at radius 1 is 1.11 bits per heavy atom. The number of ether oxygens (including phenoxy) is 2. The standard InChI is InChI=1S/C14H31N3O2/c1-12(2)13(3)17-14(15-4)16-8-6-7-9-19-11-10-18-5/h12-13H,6-11H2,1-5H3,(H2,15,16,17). The third kappa shape index (κ3) is 10.8. The Morgan fingerprint density at radius 3 is 2.42 bits per heavy atom. The van der Waals surface area contributed by atoms with Gasteiger partial charge in [0.1, 0.15) is 0 Å². The van der Waals surface area contributed by atoms with Gasteiger partial charge in [-0.15, -0.1) is 0 Å². The summed E-state index contributed by atoms with van der Waals surface area (Å²) in [4.78, 5) is 4.22. The van der Waals surface area contributed by atoms with Gasteiger partial charge in [0.15, 0.2) is 5.96 Å². The summed E-state index contributed by atoms with van der Waals surface area (Å²) in [6, 6.07) is 0.420. The van der Waals surface area contributed by atoms with Crippen molar-refractivity contribution in [1.82, 2.24) is 10.6 Å². The summed E-state index contributed by atoms with van der Waals surface area (Å²) in [5.74, 6) is 1.47. The van der Waals surface area contributed by atoms with Crippen molar-refractivity contribution in [2.75, 3.05) is 40.5 Å². The lowest BCUT2D eigenvalue weighted by molar-refractivity contribution is 0.0689. The molecule has 2 N–H and O–H groups in total. The third-order valence-corrected chi connectivity index (χ3v) is 3.03. The van der Waals surface area contributed by atoms with Crippen LogP contribution < -0.4 is 10.6 Å². The molecule has 0 saturated heterocycles. The van der Waals surface area contributed by atoms with Gasteiger partial charge in [0.25, 0.3) is 0 Å². The fourth-order valence-corrected chi connectivity index (χ4v) is 1.36. The number of rotatable bonds is 10. The molecule has 0 radical (unpaired) electrons. The third-order valence-electron chi connectivity index (χ3n) is 3.03. The van der Waals surface area contributed by atoms with Crippen molar-refractivity contribution < 1.29 is 9.47 Å². The minimum Gasteiger partial charge on any atom is -0.382 e. The average Bonchev–Trinajstić information content (AvgIpc) is 2.39. The number of aliphatic imine (C=N–C) groups is 1. The summed E-state index contributed by atoms with van der Waals surface area (Å²) < 4.78 is 10.3. The van der Waals surface area contributed by atoms with Gasteiger partial charge in [0.05, 0.1) is 13.2 Å². The molecule has 114 valence electrons. The Labute approximate surface area is 118 Å². The van der Waals surface area contributed by atoms with Crippen LogP contribution in [-0.2, 0) is 9.47 Å². The highest BCUT2D eigenvalue weighted by Crippen LogP contribution is 1.99. The van der Waals surface area contributed by atoms with Crippen molar-refractivity contribution in [2.24, 2.45) is 10.9 Å². The Balaban J connectivity index is 3.52. The topological polar surface area (TPSA) is 54.9 Å². The average molecular weight is 273 g/mol. The number of hydrogen-bond donors (Lipinski definition) is 2. The zero-order valence-electron chi connectivity index (χ0n) is 13.2. The molecule has 0 spiro atoms. The zero-order valence-corrected chi connectivity index (χ0v) is 13.2. The van der Waals surface area contributed by atoms with E-state index in [1.165, 1.54) is 0 Å². The molecule has 5 nitrogen and oxygen atoms in total. The van der Waals surface area contributed by atoms with Gasteiger partial charge in [-0.1, -0.05) is 13.8 Å². The van der Waals surface area contributed by atoms with Crippen LogP contribution in [-0.4, -0.2) is 52.5 Å². The molecule has 0 saturated carbocycles. The molecule has 0 rings (SSSR count). The number of unbranched alkanes of at least 4 members (excludes halogenated alkanes) is 1. The molecule has 0 heterocycles. The maximum atomic E-state index is 5.40. The van der Waals surface area contributed by atoms with Crippen LogP contribution in [0.2, 0.25) is 0 Å². The van der Waals surface area contributed by atoms with E-state index in [-0.39, 0.29) is 0 Å². The first-order valence-electron chi connectivity index (χ1n) is 7.15. The molecule has 0 aromatic heterocycles. The van der Waals surface area contributed by atoms with Gasteiger partial charge in [-0.05, 0) is 25.7 Å². The molecular formula is C14H31N3O2. The molecule has 0 fully saturated rings. The van der Waals surface area contributed by atoms with Crippen LogP contribution in [0.15, 0.2) is 4.99 Å². The van der Waals surface area contributed by atoms with E-state index >= 15 is 0 Å². The van der Waals surface area contributed by atoms with Gasteiger partial charge >= 0.3 is 0 Å². The van der Waals surface area contributed by atoms with Crippen molar-refractivity contribution >= 4 is 5.96 Å². The van der Waals surface area contributed by atoms with Crippen molar-refractivity contribution in [3.05, 3.63) is 0 Å². The van der Waals surface area contributed by atoms with Crippen molar-refractivity contribution in [3.8, 4) is 0 Å². The van der Waals surface area contributed by atoms with Crippen LogP contribution in [0.1, 0.15) is 33.6 Å². The minimum absolute atomic E-state index is 0.420. The Hall–Kier alpha value is -0.810. The number of guanidine groups is 1. The van der Waals surface area contributed by atoms with E-state index in [4.69, 9.17) is 9.47 Å². The first-order valence-corrected chi connectivity index (χ1v) is 7.15. The molecule has 0 aromatic carbocycles. The van der Waals surface area contributed by atoms with Crippen LogP contribution in [0.25, 0.3) is 0 Å². The SMILES string of the molecule is CN=C(NCCCCOCCOC)NC(C)C(C)C. The molecule has 5 heteroatoms. The van der Waals surface area contributed by atoms with Gasteiger partial charge in [0, 0.05) is 33.4 Å². The zero-order chi connectivity index (χ0) is 14.5. The summed E-state index contributed by atoms with van der Waals surface area (Å²) in [7, 11) is 3.49. The van der Waals surface area contributed by atoms with E-state index in [0.29, 0.717) is 25.2 Å². The largest absolute Gasteiger partial charge is 0.382 e. The number of nitrogens with one attached hydrogen (secondary N) is 2. The van der Waals surface area contributed by atoms with Gasteiger partial charge in [0.2, 0.25) is 0 Å². The van der Waals surface area contributed by atoms with E-state index in [1.807, 2.05) is 0 Å². The maximum absolute atomic E-state index is 5.40. The molecule has 0 bridgehead atoms. The van der Waals surface area contributed by atoms with Crippen LogP contribution in [0.5, 0.6) is 0 Å². The quantitative estimate of drug-likeness (QED) is 0.361. The van der Waals surface area contributed by atoms with Crippen LogP contribution >= 0.6 is 0 Å².